The van der Waals surface area contributed by atoms with Gasteiger partial charge in [-0.25, -0.2) is 4.79 Å². The van der Waals surface area contributed by atoms with Crippen LogP contribution in [0.25, 0.3) is 0 Å². The lowest BCUT2D eigenvalue weighted by atomic mass is 10.1. The van der Waals surface area contributed by atoms with Gasteiger partial charge in [0.15, 0.2) is 0 Å². The second kappa shape index (κ2) is 8.53. The smallest absolute Gasteiger partial charge is 0.335 e. The summed E-state index contributed by atoms with van der Waals surface area (Å²) in [6, 6.07) is 23.0. The van der Waals surface area contributed by atoms with Crippen molar-refractivity contribution in [2.45, 2.75) is 6.54 Å². The number of nitrogens with zero attached hydrogens (tertiary/aromatic N) is 1. The summed E-state index contributed by atoms with van der Waals surface area (Å²) < 4.78 is 0. The number of carboxylic acids is 1. The minimum Gasteiger partial charge on any atom is -0.506 e. The van der Waals surface area contributed by atoms with Gasteiger partial charge in [0.05, 0.1) is 17.8 Å². The lowest BCUT2D eigenvalue weighted by Crippen LogP contribution is -2.30. The van der Waals surface area contributed by atoms with Crippen molar-refractivity contribution < 1.29 is 15.0 Å². The lowest BCUT2D eigenvalue weighted by molar-refractivity contribution is 0.0697. The molecule has 3 aromatic rings. The third kappa shape index (κ3) is 4.85. The summed E-state index contributed by atoms with van der Waals surface area (Å²) in [5, 5.41) is 19.0. The van der Waals surface area contributed by atoms with E-state index in [1.165, 1.54) is 12.1 Å². The summed E-state index contributed by atoms with van der Waals surface area (Å²) in [5.74, 6) is -0.350. The Morgan fingerprint density at radius 1 is 0.852 bits per heavy atom. The van der Waals surface area contributed by atoms with Crippen molar-refractivity contribution in [2.24, 2.45) is 4.99 Å². The first-order valence-electron chi connectivity index (χ1n) is 8.35. The summed E-state index contributed by atoms with van der Waals surface area (Å²) >= 11 is 0. The van der Waals surface area contributed by atoms with E-state index in [4.69, 9.17) is 5.11 Å². The molecule has 0 saturated carbocycles. The van der Waals surface area contributed by atoms with Gasteiger partial charge in [-0.05, 0) is 29.8 Å². The number of aliphatic imine (C=N–C) groups is 1. The molecule has 0 aliphatic rings. The van der Waals surface area contributed by atoms with E-state index in [1.54, 1.807) is 36.4 Å². The SMILES string of the molecule is O=C(O)c1ccc(C(=NCc2ccccc2)NNc2ccccc2O)cc1. The van der Waals surface area contributed by atoms with Crippen LogP contribution in [-0.2, 0) is 6.54 Å². The number of hydrazine groups is 1. The van der Waals surface area contributed by atoms with Gasteiger partial charge in [-0.1, -0.05) is 54.6 Å². The van der Waals surface area contributed by atoms with E-state index in [0.717, 1.165) is 11.1 Å². The van der Waals surface area contributed by atoms with Crippen molar-refractivity contribution in [1.29, 1.82) is 0 Å². The molecule has 0 unspecified atom stereocenters. The van der Waals surface area contributed by atoms with Crippen LogP contribution in [0, 0.1) is 0 Å². The van der Waals surface area contributed by atoms with Crippen molar-refractivity contribution in [3.63, 3.8) is 0 Å². The predicted molar refractivity (Wildman–Crippen MR) is 105 cm³/mol. The fourth-order valence-corrected chi connectivity index (χ4v) is 2.43. The number of aromatic hydroxyl groups is 1. The normalized spacial score (nSPS) is 11.0. The Labute approximate surface area is 156 Å². The van der Waals surface area contributed by atoms with Gasteiger partial charge in [0.2, 0.25) is 0 Å². The molecule has 0 radical (unpaired) electrons. The first-order valence-corrected chi connectivity index (χ1v) is 8.35. The minimum absolute atomic E-state index is 0.105. The third-order valence-electron chi connectivity index (χ3n) is 3.89. The molecule has 0 bridgehead atoms. The van der Waals surface area contributed by atoms with E-state index in [2.05, 4.69) is 15.8 Å². The zero-order valence-corrected chi connectivity index (χ0v) is 14.5. The van der Waals surface area contributed by atoms with Gasteiger partial charge in [0, 0.05) is 5.56 Å². The highest BCUT2D eigenvalue weighted by Crippen LogP contribution is 2.20. The number of nitrogens with one attached hydrogen (secondary N) is 2. The number of anilines is 1. The number of phenolic OH excluding ortho intramolecular Hbond substituents is 1. The molecule has 0 aliphatic carbocycles. The second-order valence-corrected chi connectivity index (χ2v) is 5.80. The van der Waals surface area contributed by atoms with Gasteiger partial charge in [-0.3, -0.25) is 15.8 Å². The zero-order chi connectivity index (χ0) is 19.1. The van der Waals surface area contributed by atoms with Crippen LogP contribution >= 0.6 is 0 Å². The topological polar surface area (TPSA) is 94.0 Å². The van der Waals surface area contributed by atoms with Crippen LogP contribution in [0.2, 0.25) is 0 Å². The Morgan fingerprint density at radius 2 is 1.48 bits per heavy atom. The molecule has 0 aliphatic heterocycles. The third-order valence-corrected chi connectivity index (χ3v) is 3.89. The van der Waals surface area contributed by atoms with E-state index in [0.29, 0.717) is 18.1 Å². The molecule has 136 valence electrons. The monoisotopic (exact) mass is 361 g/mol. The van der Waals surface area contributed by atoms with Crippen LogP contribution in [0.4, 0.5) is 5.69 Å². The maximum absolute atomic E-state index is 11.1. The summed E-state index contributed by atoms with van der Waals surface area (Å²) in [7, 11) is 0. The number of rotatable bonds is 6. The van der Waals surface area contributed by atoms with E-state index in [9.17, 15) is 9.90 Å². The van der Waals surface area contributed by atoms with E-state index >= 15 is 0 Å². The second-order valence-electron chi connectivity index (χ2n) is 5.80. The molecule has 6 heteroatoms. The summed E-state index contributed by atoms with van der Waals surface area (Å²) in [5.41, 5.74) is 8.42. The van der Waals surface area contributed by atoms with Crippen molar-refractivity contribution in [2.75, 3.05) is 5.43 Å². The Morgan fingerprint density at radius 3 is 2.15 bits per heavy atom. The van der Waals surface area contributed by atoms with Gasteiger partial charge >= 0.3 is 5.97 Å². The highest BCUT2D eigenvalue weighted by atomic mass is 16.4. The molecule has 0 fully saturated rings. The molecule has 3 aromatic carbocycles. The first-order chi connectivity index (χ1) is 13.1. The van der Waals surface area contributed by atoms with Gasteiger partial charge in [0.25, 0.3) is 0 Å². The van der Waals surface area contributed by atoms with Gasteiger partial charge in [0.1, 0.15) is 11.6 Å². The summed E-state index contributed by atoms with van der Waals surface area (Å²) in [6.07, 6.45) is 0. The molecular weight excluding hydrogens is 342 g/mol. The number of hydrogen-bond acceptors (Lipinski definition) is 4. The zero-order valence-electron chi connectivity index (χ0n) is 14.5. The quantitative estimate of drug-likeness (QED) is 0.233. The Balaban J connectivity index is 1.83. The minimum atomic E-state index is -0.982. The number of para-hydroxylation sites is 2. The number of carboxylic acid groups (broad SMARTS) is 1. The number of hydrogen-bond donors (Lipinski definition) is 4. The molecular formula is C21H19N3O3. The van der Waals surface area contributed by atoms with Crippen LogP contribution in [0.5, 0.6) is 5.75 Å². The fourth-order valence-electron chi connectivity index (χ4n) is 2.43. The average Bonchev–Trinajstić information content (AvgIpc) is 2.70. The molecule has 3 rings (SSSR count). The molecule has 0 saturated heterocycles. The Bertz CT molecular complexity index is 938. The maximum Gasteiger partial charge on any atom is 0.335 e. The van der Waals surface area contributed by atoms with Crippen LogP contribution in [-0.4, -0.2) is 22.0 Å². The van der Waals surface area contributed by atoms with E-state index in [1.807, 2.05) is 30.3 Å². The lowest BCUT2D eigenvalue weighted by Gasteiger charge is -2.14. The molecule has 0 aromatic heterocycles. The largest absolute Gasteiger partial charge is 0.506 e. The van der Waals surface area contributed by atoms with Crippen LogP contribution < -0.4 is 10.9 Å². The maximum atomic E-state index is 11.1. The molecule has 0 amide bonds. The van der Waals surface area contributed by atoms with Gasteiger partial charge in [-0.15, -0.1) is 0 Å². The van der Waals surface area contributed by atoms with Crippen molar-refractivity contribution in [3.05, 3.63) is 95.6 Å². The number of amidine groups is 1. The Hall–Kier alpha value is -3.80. The molecule has 0 spiro atoms. The highest BCUT2D eigenvalue weighted by Gasteiger charge is 2.08. The number of phenols is 1. The number of benzene rings is 3. The van der Waals surface area contributed by atoms with E-state index in [-0.39, 0.29) is 11.3 Å². The molecule has 6 nitrogen and oxygen atoms in total. The number of aromatic carboxylic acids is 1. The van der Waals surface area contributed by atoms with Crippen molar-refractivity contribution >= 4 is 17.5 Å². The van der Waals surface area contributed by atoms with E-state index < -0.39 is 5.97 Å². The molecule has 4 N–H and O–H groups in total. The van der Waals surface area contributed by atoms with Crippen molar-refractivity contribution in [1.82, 2.24) is 5.43 Å². The van der Waals surface area contributed by atoms with Crippen molar-refractivity contribution in [3.8, 4) is 5.75 Å². The predicted octanol–water partition coefficient (Wildman–Crippen LogP) is 3.65. The Kier molecular flexibility index (Phi) is 5.69. The average molecular weight is 361 g/mol. The highest BCUT2D eigenvalue weighted by molar-refractivity contribution is 6.00. The molecule has 27 heavy (non-hydrogen) atoms. The number of carbonyl (C=O) groups is 1. The summed E-state index contributed by atoms with van der Waals surface area (Å²) in [4.78, 5) is 15.7. The van der Waals surface area contributed by atoms with Crippen LogP contribution in [0.3, 0.4) is 0 Å². The van der Waals surface area contributed by atoms with Gasteiger partial charge in [-0.2, -0.15) is 0 Å². The standard InChI is InChI=1S/C21H19N3O3/c25-19-9-5-4-8-18(19)23-24-20(22-14-15-6-2-1-3-7-15)16-10-12-17(13-11-16)21(26)27/h1-13,23,25H,14H2,(H,22,24)(H,26,27). The first kappa shape index (κ1) is 18.0. The molecule has 0 atom stereocenters. The van der Waals surface area contributed by atoms with Gasteiger partial charge < -0.3 is 10.2 Å². The molecule has 0 heterocycles. The van der Waals surface area contributed by atoms with Crippen LogP contribution in [0.15, 0.2) is 83.9 Å². The summed E-state index contributed by atoms with van der Waals surface area (Å²) in [6.45, 7) is 0.451. The fraction of sp³-hybridized carbons (Fsp3) is 0.0476. The van der Waals surface area contributed by atoms with Crippen LogP contribution in [0.1, 0.15) is 21.5 Å².